The van der Waals surface area contributed by atoms with E-state index >= 15 is 0 Å². The lowest BCUT2D eigenvalue weighted by molar-refractivity contribution is 0.112. The lowest BCUT2D eigenvalue weighted by atomic mass is 10.2. The second kappa shape index (κ2) is 6.01. The molecule has 1 aromatic rings. The van der Waals surface area contributed by atoms with Crippen molar-refractivity contribution in [3.63, 3.8) is 0 Å². The molecule has 0 aliphatic carbocycles. The van der Waals surface area contributed by atoms with Crippen LogP contribution in [0.3, 0.4) is 0 Å². The van der Waals surface area contributed by atoms with Crippen LogP contribution in [0.25, 0.3) is 0 Å². The van der Waals surface area contributed by atoms with Crippen LogP contribution in [-0.2, 0) is 0 Å². The van der Waals surface area contributed by atoms with Crippen molar-refractivity contribution in [2.45, 2.75) is 0 Å². The monoisotopic (exact) mass is 264 g/mol. The zero-order valence-corrected chi connectivity index (χ0v) is 9.81. The number of aldehydes is 1. The van der Waals surface area contributed by atoms with E-state index in [0.717, 1.165) is 0 Å². The number of hydrogen-bond acceptors (Lipinski definition) is 2. The van der Waals surface area contributed by atoms with E-state index in [0.29, 0.717) is 22.6 Å². The van der Waals surface area contributed by atoms with E-state index < -0.39 is 0 Å². The van der Waals surface area contributed by atoms with Gasteiger partial charge < -0.3 is 4.74 Å². The molecule has 0 aromatic heterocycles. The van der Waals surface area contributed by atoms with Crippen molar-refractivity contribution >= 4 is 41.1 Å². The van der Waals surface area contributed by atoms with Crippen LogP contribution in [0, 0.1) is 0 Å². The molecule has 0 unspecified atom stereocenters. The minimum absolute atomic E-state index is 0.144. The summed E-state index contributed by atoms with van der Waals surface area (Å²) >= 11 is 16.6. The zero-order chi connectivity index (χ0) is 11.3. The van der Waals surface area contributed by atoms with Gasteiger partial charge in [-0.05, 0) is 24.3 Å². The Morgan fingerprint density at radius 2 is 2.13 bits per heavy atom. The van der Waals surface area contributed by atoms with Crippen LogP contribution in [0.1, 0.15) is 10.4 Å². The van der Waals surface area contributed by atoms with Gasteiger partial charge in [0.25, 0.3) is 0 Å². The van der Waals surface area contributed by atoms with Gasteiger partial charge in [-0.1, -0.05) is 34.8 Å². The Labute approximate surface area is 102 Å². The second-order valence-corrected chi connectivity index (χ2v) is 4.02. The summed E-state index contributed by atoms with van der Waals surface area (Å²) in [6.07, 6.45) is 2.19. The number of carbonyl (C=O) groups excluding carboxylic acids is 1. The topological polar surface area (TPSA) is 26.3 Å². The fourth-order valence-electron chi connectivity index (χ4n) is 0.894. The van der Waals surface area contributed by atoms with Gasteiger partial charge in [0, 0.05) is 5.56 Å². The second-order valence-electron chi connectivity index (χ2n) is 2.61. The summed E-state index contributed by atoms with van der Waals surface area (Å²) in [5.41, 5.74) is 0.426. The van der Waals surface area contributed by atoms with Crippen LogP contribution in [0.15, 0.2) is 28.8 Å². The summed E-state index contributed by atoms with van der Waals surface area (Å²) in [4.78, 5) is 10.5. The molecule has 0 amide bonds. The molecule has 0 aliphatic rings. The molecule has 0 atom stereocenters. The quantitative estimate of drug-likeness (QED) is 0.773. The highest BCUT2D eigenvalue weighted by molar-refractivity contribution is 6.55. The average molecular weight is 266 g/mol. The molecule has 0 aliphatic heterocycles. The third kappa shape index (κ3) is 4.12. The van der Waals surface area contributed by atoms with E-state index in [1.165, 1.54) is 6.08 Å². The predicted octanol–water partition coefficient (Wildman–Crippen LogP) is 3.85. The van der Waals surface area contributed by atoms with Crippen LogP contribution in [0.2, 0.25) is 5.02 Å². The van der Waals surface area contributed by atoms with Crippen LogP contribution >= 0.6 is 34.8 Å². The summed E-state index contributed by atoms with van der Waals surface area (Å²) in [7, 11) is 0. The number of hydrogen-bond donors (Lipinski definition) is 0. The van der Waals surface area contributed by atoms with E-state index in [9.17, 15) is 4.79 Å². The molecular formula is C10H7Cl3O2. The first kappa shape index (κ1) is 12.4. The Morgan fingerprint density at radius 1 is 1.40 bits per heavy atom. The first-order valence-electron chi connectivity index (χ1n) is 4.02. The number of benzene rings is 1. The number of halogens is 3. The van der Waals surface area contributed by atoms with Gasteiger partial charge in [-0.2, -0.15) is 0 Å². The molecule has 0 fully saturated rings. The number of rotatable bonds is 4. The van der Waals surface area contributed by atoms with Gasteiger partial charge in [0.2, 0.25) is 0 Å². The van der Waals surface area contributed by atoms with Crippen molar-refractivity contribution in [2.75, 3.05) is 6.61 Å². The molecule has 80 valence electrons. The standard InChI is InChI=1S/C10H7Cl3O2/c11-9-5-8(2-1-7(9)6-14)15-4-3-10(12)13/h1-3,5-6H,4H2. The number of carbonyl (C=O) groups is 1. The average Bonchev–Trinajstić information content (AvgIpc) is 2.17. The minimum atomic E-state index is 0.144. The maximum absolute atomic E-state index is 10.5. The Hall–Kier alpha value is -0.700. The summed E-state index contributed by atoms with van der Waals surface area (Å²) in [5, 5.41) is 0.350. The van der Waals surface area contributed by atoms with Gasteiger partial charge in [0.05, 0.1) is 5.02 Å². The minimum Gasteiger partial charge on any atom is -0.489 e. The Balaban J connectivity index is 2.67. The maximum Gasteiger partial charge on any atom is 0.151 e. The highest BCUT2D eigenvalue weighted by atomic mass is 35.5. The van der Waals surface area contributed by atoms with Gasteiger partial charge in [0.15, 0.2) is 6.29 Å². The molecule has 1 aromatic carbocycles. The highest BCUT2D eigenvalue weighted by Crippen LogP contribution is 2.21. The molecule has 0 heterocycles. The smallest absolute Gasteiger partial charge is 0.151 e. The van der Waals surface area contributed by atoms with Crippen LogP contribution in [0.4, 0.5) is 0 Å². The highest BCUT2D eigenvalue weighted by Gasteiger charge is 2.00. The molecule has 0 bridgehead atoms. The van der Waals surface area contributed by atoms with Crippen LogP contribution < -0.4 is 4.74 Å². The Bertz CT molecular complexity index is 384. The first-order valence-corrected chi connectivity index (χ1v) is 5.15. The zero-order valence-electron chi connectivity index (χ0n) is 7.54. The third-order valence-electron chi connectivity index (χ3n) is 1.59. The van der Waals surface area contributed by atoms with Gasteiger partial charge in [-0.15, -0.1) is 0 Å². The first-order chi connectivity index (χ1) is 7.13. The predicted molar refractivity (Wildman–Crippen MR) is 62.1 cm³/mol. The summed E-state index contributed by atoms with van der Waals surface area (Å²) in [6.45, 7) is 0.249. The maximum atomic E-state index is 10.5. The number of ether oxygens (including phenoxy) is 1. The Kier molecular flexibility index (Phi) is 4.95. The fourth-order valence-corrected chi connectivity index (χ4v) is 1.24. The van der Waals surface area contributed by atoms with E-state index in [2.05, 4.69) is 0 Å². The summed E-state index contributed by atoms with van der Waals surface area (Å²) in [6, 6.07) is 4.78. The van der Waals surface area contributed by atoms with E-state index in [1.54, 1.807) is 18.2 Å². The van der Waals surface area contributed by atoms with E-state index in [4.69, 9.17) is 39.5 Å². The van der Waals surface area contributed by atoms with E-state index in [1.807, 2.05) is 0 Å². The Morgan fingerprint density at radius 3 is 2.67 bits per heavy atom. The summed E-state index contributed by atoms with van der Waals surface area (Å²) < 4.78 is 5.40. The molecule has 2 nitrogen and oxygen atoms in total. The summed E-state index contributed by atoms with van der Waals surface area (Å²) in [5.74, 6) is 0.552. The van der Waals surface area contributed by atoms with Crippen molar-refractivity contribution in [1.82, 2.24) is 0 Å². The largest absolute Gasteiger partial charge is 0.489 e. The SMILES string of the molecule is O=Cc1ccc(OCC=C(Cl)Cl)cc1Cl. The molecule has 0 saturated carbocycles. The molecular weight excluding hydrogens is 258 g/mol. The van der Waals surface area contributed by atoms with Gasteiger partial charge in [-0.25, -0.2) is 0 Å². The van der Waals surface area contributed by atoms with Crippen LogP contribution in [0.5, 0.6) is 5.75 Å². The molecule has 0 radical (unpaired) electrons. The van der Waals surface area contributed by atoms with E-state index in [-0.39, 0.29) is 11.1 Å². The lowest BCUT2D eigenvalue weighted by Crippen LogP contribution is -1.94. The van der Waals surface area contributed by atoms with Gasteiger partial charge in [-0.3, -0.25) is 4.79 Å². The van der Waals surface area contributed by atoms with Crippen molar-refractivity contribution in [3.8, 4) is 5.75 Å². The van der Waals surface area contributed by atoms with Crippen molar-refractivity contribution in [3.05, 3.63) is 39.4 Å². The third-order valence-corrected chi connectivity index (χ3v) is 2.22. The lowest BCUT2D eigenvalue weighted by Gasteiger charge is -2.04. The molecule has 1 rings (SSSR count). The van der Waals surface area contributed by atoms with Crippen LogP contribution in [-0.4, -0.2) is 12.9 Å². The molecule has 0 N–H and O–H groups in total. The molecule has 0 saturated heterocycles. The fraction of sp³-hybridized carbons (Fsp3) is 0.100. The van der Waals surface area contributed by atoms with Gasteiger partial charge >= 0.3 is 0 Å². The normalized spacial score (nSPS) is 9.53. The van der Waals surface area contributed by atoms with Gasteiger partial charge in [0.1, 0.15) is 16.8 Å². The molecule has 15 heavy (non-hydrogen) atoms. The molecule has 0 spiro atoms. The van der Waals surface area contributed by atoms with Crippen molar-refractivity contribution < 1.29 is 9.53 Å². The molecule has 5 heteroatoms. The van der Waals surface area contributed by atoms with Crippen molar-refractivity contribution in [2.24, 2.45) is 0 Å². The van der Waals surface area contributed by atoms with Crippen molar-refractivity contribution in [1.29, 1.82) is 0 Å².